The van der Waals surface area contributed by atoms with Crippen molar-refractivity contribution in [3.63, 3.8) is 0 Å². The molecule has 17 heteroatoms. The number of hydrogen-bond acceptors (Lipinski definition) is 11. The molecule has 0 aliphatic heterocycles. The maximum absolute atomic E-state index is 14.8. The van der Waals surface area contributed by atoms with E-state index in [1.54, 1.807) is 6.07 Å². The summed E-state index contributed by atoms with van der Waals surface area (Å²) in [5.74, 6) is -0.257. The predicted molar refractivity (Wildman–Crippen MR) is 175 cm³/mol. The monoisotopic (exact) mass is 709 g/mol. The predicted octanol–water partition coefficient (Wildman–Crippen LogP) is 3.36. The molecule has 0 N–H and O–H groups in total. The lowest BCUT2D eigenvalue weighted by atomic mass is 9.64. The van der Waals surface area contributed by atoms with E-state index in [0.717, 1.165) is 30.1 Å². The summed E-state index contributed by atoms with van der Waals surface area (Å²) in [6.45, 7) is 4.29. The number of rotatable bonds is 10. The Hall–Kier alpha value is -4.51. The molecule has 5 aromatic rings. The van der Waals surface area contributed by atoms with Crippen LogP contribution in [0.2, 0.25) is 0 Å². The van der Waals surface area contributed by atoms with Crippen molar-refractivity contribution in [2.24, 2.45) is 5.41 Å². The van der Waals surface area contributed by atoms with E-state index in [9.17, 15) is 25.6 Å². The average Bonchev–Trinajstić information content (AvgIpc) is 3.80. The fourth-order valence-electron chi connectivity index (χ4n) is 7.41. The summed E-state index contributed by atoms with van der Waals surface area (Å²) in [6.07, 6.45) is 6.96. The highest BCUT2D eigenvalue weighted by molar-refractivity contribution is 7.90. The molecule has 1 aromatic carbocycles. The first-order valence-corrected chi connectivity index (χ1v) is 19.7. The van der Waals surface area contributed by atoms with Crippen LogP contribution in [0.3, 0.4) is 0 Å². The number of sulfone groups is 2. The van der Waals surface area contributed by atoms with E-state index in [4.69, 9.17) is 4.98 Å². The molecule has 4 aromatic heterocycles. The molecule has 4 heterocycles. The van der Waals surface area contributed by atoms with Gasteiger partial charge in [-0.3, -0.25) is 0 Å². The molecular weight excluding hydrogens is 677 g/mol. The Balaban J connectivity index is 1.37. The summed E-state index contributed by atoms with van der Waals surface area (Å²) in [4.78, 5) is 13.4. The Morgan fingerprint density at radius 1 is 0.837 bits per heavy atom. The zero-order valence-electron chi connectivity index (χ0n) is 27.2. The molecule has 7 rings (SSSR count). The second kappa shape index (κ2) is 11.5. The Morgan fingerprint density at radius 2 is 1.39 bits per heavy atom. The minimum Gasteiger partial charge on any atom is -0.229 e. The van der Waals surface area contributed by atoms with Gasteiger partial charge in [-0.25, -0.2) is 49.9 Å². The molecule has 2 atom stereocenters. The highest BCUT2D eigenvalue weighted by Gasteiger charge is 2.64. The van der Waals surface area contributed by atoms with Crippen molar-refractivity contribution in [3.8, 4) is 22.9 Å². The van der Waals surface area contributed by atoms with E-state index >= 15 is 0 Å². The molecule has 2 bridgehead atoms. The highest BCUT2D eigenvalue weighted by Crippen LogP contribution is 2.69. The molecule has 0 amide bonds. The number of pyridine rings is 1. The molecule has 0 unspecified atom stereocenters. The van der Waals surface area contributed by atoms with Crippen LogP contribution in [0.4, 0.5) is 8.78 Å². The summed E-state index contributed by atoms with van der Waals surface area (Å²) in [5, 5.41) is 18.0. The summed E-state index contributed by atoms with van der Waals surface area (Å²) >= 11 is 0. The lowest BCUT2D eigenvalue weighted by Crippen LogP contribution is -2.37. The molecule has 1 saturated carbocycles. The van der Waals surface area contributed by atoms with Gasteiger partial charge in [0.25, 0.3) is 0 Å². The molecule has 49 heavy (non-hydrogen) atoms. The largest absolute Gasteiger partial charge is 0.229 e. The number of hydrogen-bond donors (Lipinski definition) is 0. The van der Waals surface area contributed by atoms with Crippen LogP contribution in [-0.2, 0) is 37.9 Å². The number of aryl methyl sites for hydroxylation is 2. The standard InChI is InChI=1S/C32H33F2N9O4S2/c1-31(2)21-8-11-32(31,30-20(21)16-24(38-39-30)29-22(33)6-5-7-23(29)34)19-14-27(42-17-35-25(40-42)9-12-48(3,44)45)37-28(15-19)43-18-36-26(41-43)10-13-49(4,46)47/h5-7,14-18,21H,8-13H2,1-4H3/t21-,32-/m0/s1. The van der Waals surface area contributed by atoms with Gasteiger partial charge in [0.2, 0.25) is 0 Å². The van der Waals surface area contributed by atoms with Crippen LogP contribution in [0.1, 0.15) is 61.1 Å². The summed E-state index contributed by atoms with van der Waals surface area (Å²) in [7, 11) is -6.48. The lowest BCUT2D eigenvalue weighted by molar-refractivity contribution is 0.248. The average molecular weight is 710 g/mol. The first-order valence-electron chi connectivity index (χ1n) is 15.6. The van der Waals surface area contributed by atoms with Gasteiger partial charge in [-0.05, 0) is 65.6 Å². The van der Waals surface area contributed by atoms with Crippen molar-refractivity contribution in [3.05, 3.63) is 89.2 Å². The molecule has 256 valence electrons. The minimum atomic E-state index is -3.24. The van der Waals surface area contributed by atoms with E-state index in [1.165, 1.54) is 40.2 Å². The Bertz CT molecular complexity index is 2230. The van der Waals surface area contributed by atoms with Crippen molar-refractivity contribution < 1.29 is 25.6 Å². The highest BCUT2D eigenvalue weighted by atomic mass is 32.2. The number of nitrogens with zero attached hydrogens (tertiary/aromatic N) is 9. The van der Waals surface area contributed by atoms with E-state index in [-0.39, 0.29) is 41.5 Å². The lowest BCUT2D eigenvalue weighted by Gasteiger charge is -2.38. The van der Waals surface area contributed by atoms with Gasteiger partial charge in [0.15, 0.2) is 23.3 Å². The topological polar surface area (TPSA) is 168 Å². The molecule has 2 aliphatic carbocycles. The Morgan fingerprint density at radius 3 is 1.92 bits per heavy atom. The van der Waals surface area contributed by atoms with Crippen molar-refractivity contribution in [2.75, 3.05) is 24.0 Å². The van der Waals surface area contributed by atoms with Gasteiger partial charge in [0.1, 0.15) is 44.0 Å². The van der Waals surface area contributed by atoms with Gasteiger partial charge < -0.3 is 0 Å². The zero-order valence-corrected chi connectivity index (χ0v) is 28.8. The normalized spacial score (nSPS) is 19.8. The minimum absolute atomic E-state index is 0.00887. The van der Waals surface area contributed by atoms with Crippen molar-refractivity contribution in [1.82, 2.24) is 44.7 Å². The SMILES string of the molecule is CC1(C)[C@H]2CC[C@]1(c1cc(-n3cnc(CCS(C)(=O)=O)n3)nc(-n3cnc(CCS(C)(=O)=O)n3)c1)c1nnc(-c3c(F)cccc3F)cc12. The Labute approximate surface area is 281 Å². The van der Waals surface area contributed by atoms with Gasteiger partial charge in [0, 0.05) is 30.8 Å². The third kappa shape index (κ3) is 5.81. The van der Waals surface area contributed by atoms with Crippen LogP contribution in [-0.4, -0.2) is 85.6 Å². The van der Waals surface area contributed by atoms with Gasteiger partial charge in [-0.15, -0.1) is 15.3 Å². The van der Waals surface area contributed by atoms with Crippen LogP contribution < -0.4 is 0 Å². The fourth-order valence-corrected chi connectivity index (χ4v) is 8.52. The maximum atomic E-state index is 14.8. The van der Waals surface area contributed by atoms with Crippen molar-refractivity contribution in [1.29, 1.82) is 0 Å². The number of fused-ring (bicyclic) bond motifs is 5. The maximum Gasteiger partial charge on any atom is 0.158 e. The fraction of sp³-hybridized carbons (Fsp3) is 0.406. The van der Waals surface area contributed by atoms with Crippen LogP contribution in [0, 0.1) is 17.0 Å². The van der Waals surface area contributed by atoms with Crippen LogP contribution in [0.5, 0.6) is 0 Å². The van der Waals surface area contributed by atoms with E-state index in [2.05, 4.69) is 44.2 Å². The van der Waals surface area contributed by atoms with Gasteiger partial charge in [-0.1, -0.05) is 19.9 Å². The molecular formula is C32H33F2N9O4S2. The zero-order chi connectivity index (χ0) is 34.9. The van der Waals surface area contributed by atoms with E-state index in [1.807, 2.05) is 12.1 Å². The number of benzene rings is 1. The Kier molecular flexibility index (Phi) is 7.77. The van der Waals surface area contributed by atoms with Gasteiger partial charge in [0.05, 0.1) is 28.5 Å². The van der Waals surface area contributed by atoms with E-state index < -0.39 is 42.1 Å². The molecule has 0 spiro atoms. The number of aromatic nitrogens is 9. The first-order chi connectivity index (χ1) is 23.1. The second-order valence-electron chi connectivity index (χ2n) is 13.4. The second-order valence-corrected chi connectivity index (χ2v) is 17.9. The molecule has 2 aliphatic rings. The first kappa shape index (κ1) is 33.0. The van der Waals surface area contributed by atoms with Crippen molar-refractivity contribution >= 4 is 19.7 Å². The van der Waals surface area contributed by atoms with E-state index in [0.29, 0.717) is 35.4 Å². The third-order valence-corrected chi connectivity index (χ3v) is 11.7. The molecule has 0 radical (unpaired) electrons. The number of halogens is 2. The third-order valence-electron chi connectivity index (χ3n) is 9.83. The quantitative estimate of drug-likeness (QED) is 0.209. The summed E-state index contributed by atoms with van der Waals surface area (Å²) in [6, 6.07) is 9.20. The van der Waals surface area contributed by atoms with Crippen LogP contribution >= 0.6 is 0 Å². The van der Waals surface area contributed by atoms with Gasteiger partial charge >= 0.3 is 0 Å². The van der Waals surface area contributed by atoms with Crippen LogP contribution in [0.15, 0.2) is 49.1 Å². The smallest absolute Gasteiger partial charge is 0.158 e. The molecule has 13 nitrogen and oxygen atoms in total. The van der Waals surface area contributed by atoms with Crippen molar-refractivity contribution in [2.45, 2.75) is 50.9 Å². The molecule has 0 saturated heterocycles. The van der Waals surface area contributed by atoms with Gasteiger partial charge in [-0.2, -0.15) is 5.10 Å². The van der Waals surface area contributed by atoms with Crippen LogP contribution in [0.25, 0.3) is 22.9 Å². The molecule has 1 fully saturated rings. The summed E-state index contributed by atoms with van der Waals surface area (Å²) < 4.78 is 79.6. The summed E-state index contributed by atoms with van der Waals surface area (Å²) in [5.41, 5.74) is 1.18.